The fourth-order valence-electron chi connectivity index (χ4n) is 3.56. The summed E-state index contributed by atoms with van der Waals surface area (Å²) < 4.78 is 55.6. The molecule has 0 radical (unpaired) electrons. The molecule has 0 aliphatic carbocycles. The minimum Gasteiger partial charge on any atom is -0.453 e. The number of para-hydroxylation sites is 2. The monoisotopic (exact) mass is 494 g/mol. The van der Waals surface area contributed by atoms with E-state index in [0.29, 0.717) is 22.3 Å². The molecule has 5 rings (SSSR count). The van der Waals surface area contributed by atoms with Crippen molar-refractivity contribution in [2.45, 2.75) is 13.3 Å². The highest BCUT2D eigenvalue weighted by molar-refractivity contribution is 5.82. The molecular formula is C25H17F3N4O4. The highest BCUT2D eigenvalue weighted by Crippen LogP contribution is 2.38. The molecule has 0 aliphatic rings. The van der Waals surface area contributed by atoms with E-state index < -0.39 is 12.1 Å². The van der Waals surface area contributed by atoms with Crippen LogP contribution in [-0.4, -0.2) is 25.9 Å². The van der Waals surface area contributed by atoms with Crippen molar-refractivity contribution in [3.05, 3.63) is 95.3 Å². The molecule has 0 saturated carbocycles. The van der Waals surface area contributed by atoms with Crippen LogP contribution in [0.5, 0.6) is 28.9 Å². The molecule has 182 valence electrons. The molecule has 36 heavy (non-hydrogen) atoms. The van der Waals surface area contributed by atoms with Crippen molar-refractivity contribution in [1.82, 2.24) is 19.5 Å². The van der Waals surface area contributed by atoms with Crippen LogP contribution in [-0.2, 0) is 0 Å². The summed E-state index contributed by atoms with van der Waals surface area (Å²) in [5.74, 6) is 0.274. The number of H-pyrrole nitrogens is 1. The summed E-state index contributed by atoms with van der Waals surface area (Å²) >= 11 is 0. The molecule has 3 aromatic heterocycles. The molecule has 0 amide bonds. The number of nitrogens with one attached hydrogen (secondary N) is 1. The van der Waals surface area contributed by atoms with Crippen LogP contribution in [0.15, 0.2) is 84.0 Å². The lowest BCUT2D eigenvalue weighted by Crippen LogP contribution is -2.17. The van der Waals surface area contributed by atoms with Crippen molar-refractivity contribution in [2.24, 2.45) is 0 Å². The third-order valence-corrected chi connectivity index (χ3v) is 5.13. The fourth-order valence-corrected chi connectivity index (χ4v) is 3.56. The highest BCUT2D eigenvalue weighted by Gasteiger charge is 2.32. The van der Waals surface area contributed by atoms with Crippen molar-refractivity contribution < 1.29 is 27.4 Å². The number of fused-ring (bicyclic) bond motifs is 1. The molecule has 0 aliphatic heterocycles. The normalized spacial score (nSPS) is 11.4. The molecule has 0 fully saturated rings. The zero-order valence-corrected chi connectivity index (χ0v) is 18.6. The molecular weight excluding hydrogens is 477 g/mol. The number of halogens is 3. The minimum absolute atomic E-state index is 0.107. The van der Waals surface area contributed by atoms with E-state index in [1.165, 1.54) is 36.0 Å². The maximum atomic E-state index is 12.8. The van der Waals surface area contributed by atoms with Crippen LogP contribution in [0.3, 0.4) is 0 Å². The molecule has 2 aromatic carbocycles. The van der Waals surface area contributed by atoms with E-state index in [-0.39, 0.29) is 28.9 Å². The number of aromatic amines is 1. The van der Waals surface area contributed by atoms with E-state index in [4.69, 9.17) is 9.47 Å². The first-order valence-electron chi connectivity index (χ1n) is 10.6. The first-order valence-corrected chi connectivity index (χ1v) is 10.6. The average molecular weight is 494 g/mol. The smallest absolute Gasteiger partial charge is 0.453 e. The Morgan fingerprint density at radius 1 is 0.917 bits per heavy atom. The number of alkyl halides is 3. The molecule has 0 spiro atoms. The van der Waals surface area contributed by atoms with Gasteiger partial charge in [-0.25, -0.2) is 9.78 Å². The maximum absolute atomic E-state index is 12.8. The number of benzene rings is 2. The van der Waals surface area contributed by atoms with Gasteiger partial charge >= 0.3 is 12.1 Å². The van der Waals surface area contributed by atoms with Crippen molar-refractivity contribution in [3.63, 3.8) is 0 Å². The summed E-state index contributed by atoms with van der Waals surface area (Å²) in [6, 6.07) is 15.7. The Balaban J connectivity index is 1.52. The quantitative estimate of drug-likeness (QED) is 0.316. The Labute approximate surface area is 201 Å². The van der Waals surface area contributed by atoms with Gasteiger partial charge < -0.3 is 19.2 Å². The van der Waals surface area contributed by atoms with Crippen LogP contribution in [0.1, 0.15) is 5.56 Å². The van der Waals surface area contributed by atoms with E-state index in [9.17, 15) is 18.0 Å². The van der Waals surface area contributed by atoms with Gasteiger partial charge in [-0.2, -0.15) is 0 Å². The predicted octanol–water partition coefficient (Wildman–Crippen LogP) is 5.90. The van der Waals surface area contributed by atoms with Crippen LogP contribution in [0, 0.1) is 6.92 Å². The number of nitrogens with zero attached hydrogens (tertiary/aromatic N) is 3. The summed E-state index contributed by atoms with van der Waals surface area (Å²) in [6.07, 6.45) is -0.246. The van der Waals surface area contributed by atoms with Crippen LogP contribution in [0.25, 0.3) is 16.7 Å². The Morgan fingerprint density at radius 3 is 2.42 bits per heavy atom. The molecule has 0 saturated heterocycles. The van der Waals surface area contributed by atoms with Gasteiger partial charge in [0.1, 0.15) is 17.0 Å². The van der Waals surface area contributed by atoms with Gasteiger partial charge in [0.05, 0.1) is 17.4 Å². The van der Waals surface area contributed by atoms with Gasteiger partial charge in [0.15, 0.2) is 11.5 Å². The minimum atomic E-state index is -4.84. The largest absolute Gasteiger partial charge is 0.573 e. The third kappa shape index (κ3) is 4.71. The lowest BCUT2D eigenvalue weighted by Gasteiger charge is -2.15. The van der Waals surface area contributed by atoms with Gasteiger partial charge in [-0.1, -0.05) is 18.2 Å². The van der Waals surface area contributed by atoms with E-state index in [0.717, 1.165) is 6.07 Å². The number of hydrogen-bond acceptors (Lipinski definition) is 6. The van der Waals surface area contributed by atoms with Crippen LogP contribution < -0.4 is 19.9 Å². The number of imidazole rings is 1. The van der Waals surface area contributed by atoms with Crippen molar-refractivity contribution in [2.75, 3.05) is 0 Å². The van der Waals surface area contributed by atoms with E-state index >= 15 is 0 Å². The number of rotatable bonds is 6. The highest BCUT2D eigenvalue weighted by atomic mass is 19.4. The Bertz CT molecular complexity index is 1600. The summed E-state index contributed by atoms with van der Waals surface area (Å²) in [5, 5.41) is 0. The molecule has 5 aromatic rings. The summed E-state index contributed by atoms with van der Waals surface area (Å²) in [4.78, 5) is 23.8. The molecule has 3 heterocycles. The van der Waals surface area contributed by atoms with Gasteiger partial charge in [0.2, 0.25) is 5.88 Å². The summed E-state index contributed by atoms with van der Waals surface area (Å²) in [7, 11) is 0. The van der Waals surface area contributed by atoms with Gasteiger partial charge in [-0.05, 0) is 48.9 Å². The SMILES string of the molecule is Cc1ccc(Oc2ccccc2Oc2nccc3[nH]c(=O)n(-c4cccnc4)c23)cc1OC(F)(F)F. The van der Waals surface area contributed by atoms with E-state index in [1.54, 1.807) is 48.7 Å². The Hall–Kier alpha value is -4.80. The topological polar surface area (TPSA) is 91.3 Å². The second-order valence-corrected chi connectivity index (χ2v) is 7.62. The van der Waals surface area contributed by atoms with Gasteiger partial charge in [0.25, 0.3) is 0 Å². The summed E-state index contributed by atoms with van der Waals surface area (Å²) in [6.45, 7) is 1.49. The van der Waals surface area contributed by atoms with Crippen LogP contribution in [0.2, 0.25) is 0 Å². The number of ether oxygens (including phenoxy) is 3. The van der Waals surface area contributed by atoms with E-state index in [1.807, 2.05) is 0 Å². The van der Waals surface area contributed by atoms with Crippen molar-refractivity contribution >= 4 is 11.0 Å². The molecule has 8 nitrogen and oxygen atoms in total. The number of hydrogen-bond donors (Lipinski definition) is 1. The van der Waals surface area contributed by atoms with Crippen LogP contribution >= 0.6 is 0 Å². The third-order valence-electron chi connectivity index (χ3n) is 5.13. The van der Waals surface area contributed by atoms with Gasteiger partial charge in [-0.3, -0.25) is 9.55 Å². The van der Waals surface area contributed by atoms with Crippen LogP contribution in [0.4, 0.5) is 13.2 Å². The van der Waals surface area contributed by atoms with Gasteiger partial charge in [-0.15, -0.1) is 13.2 Å². The lowest BCUT2D eigenvalue weighted by molar-refractivity contribution is -0.274. The molecule has 0 unspecified atom stereocenters. The average Bonchev–Trinajstić information content (AvgIpc) is 3.19. The van der Waals surface area contributed by atoms with Crippen molar-refractivity contribution in [1.29, 1.82) is 0 Å². The second kappa shape index (κ2) is 9.10. The number of aryl methyl sites for hydroxylation is 1. The maximum Gasteiger partial charge on any atom is 0.573 e. The lowest BCUT2D eigenvalue weighted by atomic mass is 10.2. The van der Waals surface area contributed by atoms with Crippen molar-refractivity contribution in [3.8, 4) is 34.6 Å². The standard InChI is InChI=1S/C25H17F3N4O4/c1-15-8-9-17(13-21(15)36-25(26,27)28)34-19-6-2-3-7-20(19)35-23-22-18(10-12-30-23)31-24(33)32(22)16-5-4-11-29-14-16/h2-14H,1H3,(H,31,33). The van der Waals surface area contributed by atoms with Gasteiger partial charge in [0, 0.05) is 18.5 Å². The first kappa shape index (κ1) is 23.0. The zero-order valence-electron chi connectivity index (χ0n) is 18.6. The summed E-state index contributed by atoms with van der Waals surface area (Å²) in [5.41, 5.74) is 1.26. The van der Waals surface area contributed by atoms with E-state index in [2.05, 4.69) is 19.7 Å². The molecule has 11 heteroatoms. The number of pyridine rings is 2. The molecule has 0 atom stereocenters. The Kier molecular flexibility index (Phi) is 5.80. The second-order valence-electron chi connectivity index (χ2n) is 7.62. The number of aromatic nitrogens is 4. The first-order chi connectivity index (χ1) is 17.3. The predicted molar refractivity (Wildman–Crippen MR) is 124 cm³/mol. The molecule has 1 N–H and O–H groups in total. The zero-order chi connectivity index (χ0) is 25.3. The Morgan fingerprint density at radius 2 is 1.69 bits per heavy atom. The molecule has 0 bridgehead atoms. The fraction of sp³-hybridized carbons (Fsp3) is 0.0800.